The van der Waals surface area contributed by atoms with Crippen LogP contribution < -0.4 is 5.32 Å². The van der Waals surface area contributed by atoms with Crippen molar-refractivity contribution in [1.82, 2.24) is 5.32 Å². The molecule has 0 aromatic heterocycles. The van der Waals surface area contributed by atoms with Crippen LogP contribution in [0.25, 0.3) is 0 Å². The minimum atomic E-state index is -0.613. The van der Waals surface area contributed by atoms with E-state index >= 15 is 0 Å². The highest BCUT2D eigenvalue weighted by Gasteiger charge is 2.11. The van der Waals surface area contributed by atoms with E-state index in [1.807, 2.05) is 13.8 Å². The van der Waals surface area contributed by atoms with Gasteiger partial charge in [-0.05, 0) is 24.1 Å². The monoisotopic (exact) mass is 303 g/mol. The minimum Gasteiger partial charge on any atom is -0.452 e. The number of carbonyl (C=O) groups excluding carboxylic acids is 2. The maximum atomic E-state index is 11.6. The molecule has 0 unspecified atom stereocenters. The van der Waals surface area contributed by atoms with E-state index in [2.05, 4.69) is 5.32 Å². The lowest BCUT2D eigenvalue weighted by Crippen LogP contribution is -2.31. The van der Waals surface area contributed by atoms with Gasteiger partial charge in [-0.2, -0.15) is 0 Å². The first-order valence-electron chi connectivity index (χ1n) is 5.79. The highest BCUT2D eigenvalue weighted by molar-refractivity contribution is 6.42. The van der Waals surface area contributed by atoms with Crippen LogP contribution in [0.2, 0.25) is 10.0 Å². The molecular weight excluding hydrogens is 289 g/mol. The summed E-state index contributed by atoms with van der Waals surface area (Å²) in [6, 6.07) is 4.39. The molecule has 6 heteroatoms. The van der Waals surface area contributed by atoms with Crippen molar-refractivity contribution in [2.24, 2.45) is 5.92 Å². The third kappa shape index (κ3) is 5.49. The Hall–Kier alpha value is -1.26. The fourth-order valence-electron chi connectivity index (χ4n) is 1.21. The lowest BCUT2D eigenvalue weighted by atomic mass is 10.2. The molecule has 0 atom stereocenters. The van der Waals surface area contributed by atoms with Crippen LogP contribution in [0.4, 0.5) is 0 Å². The average molecular weight is 304 g/mol. The number of esters is 1. The number of hydrogen-bond donors (Lipinski definition) is 1. The minimum absolute atomic E-state index is 0.256. The predicted molar refractivity (Wildman–Crippen MR) is 74.6 cm³/mol. The van der Waals surface area contributed by atoms with E-state index < -0.39 is 5.97 Å². The molecule has 0 saturated heterocycles. The van der Waals surface area contributed by atoms with Gasteiger partial charge in [0.1, 0.15) is 0 Å². The number of rotatable bonds is 5. The Morgan fingerprint density at radius 1 is 1.26 bits per heavy atom. The molecule has 19 heavy (non-hydrogen) atoms. The SMILES string of the molecule is CC(C)CNC(=O)COC(=O)c1ccc(Cl)c(Cl)c1. The Morgan fingerprint density at radius 2 is 1.95 bits per heavy atom. The average Bonchev–Trinajstić information content (AvgIpc) is 2.36. The molecular formula is C13H15Cl2NO3. The van der Waals surface area contributed by atoms with Crippen LogP contribution in [-0.2, 0) is 9.53 Å². The van der Waals surface area contributed by atoms with E-state index in [1.54, 1.807) is 0 Å². The first-order chi connectivity index (χ1) is 8.90. The van der Waals surface area contributed by atoms with Crippen LogP contribution in [0.1, 0.15) is 24.2 Å². The fraction of sp³-hybridized carbons (Fsp3) is 0.385. The molecule has 4 nitrogen and oxygen atoms in total. The van der Waals surface area contributed by atoms with Gasteiger partial charge in [-0.3, -0.25) is 4.79 Å². The summed E-state index contributed by atoms with van der Waals surface area (Å²) < 4.78 is 4.86. The molecule has 104 valence electrons. The van der Waals surface area contributed by atoms with Crippen LogP contribution >= 0.6 is 23.2 Å². The second-order valence-corrected chi connectivity index (χ2v) is 5.22. The number of amides is 1. The lowest BCUT2D eigenvalue weighted by molar-refractivity contribution is -0.124. The van der Waals surface area contributed by atoms with Gasteiger partial charge >= 0.3 is 5.97 Å². The van der Waals surface area contributed by atoms with E-state index in [9.17, 15) is 9.59 Å². The third-order valence-electron chi connectivity index (χ3n) is 2.20. The Kier molecular flexibility index (Phi) is 6.12. The summed E-state index contributed by atoms with van der Waals surface area (Å²) in [5.74, 6) is -0.602. The summed E-state index contributed by atoms with van der Waals surface area (Å²) in [4.78, 5) is 23.0. The number of hydrogen-bond acceptors (Lipinski definition) is 3. The molecule has 1 aromatic carbocycles. The maximum absolute atomic E-state index is 11.6. The number of nitrogens with one attached hydrogen (secondary N) is 1. The summed E-state index contributed by atoms with van der Waals surface area (Å²) in [5.41, 5.74) is 0.256. The summed E-state index contributed by atoms with van der Waals surface area (Å²) in [5, 5.41) is 3.26. The molecule has 0 heterocycles. The van der Waals surface area contributed by atoms with Gasteiger partial charge in [-0.1, -0.05) is 37.0 Å². The van der Waals surface area contributed by atoms with Crippen LogP contribution in [0, 0.1) is 5.92 Å². The quantitative estimate of drug-likeness (QED) is 0.851. The molecule has 0 bridgehead atoms. The number of halogens is 2. The van der Waals surface area contributed by atoms with E-state index in [1.165, 1.54) is 18.2 Å². The highest BCUT2D eigenvalue weighted by atomic mass is 35.5. The van der Waals surface area contributed by atoms with Crippen LogP contribution in [0.5, 0.6) is 0 Å². The molecule has 0 aliphatic carbocycles. The van der Waals surface area contributed by atoms with Crippen LogP contribution in [0.3, 0.4) is 0 Å². The number of ether oxygens (including phenoxy) is 1. The second-order valence-electron chi connectivity index (χ2n) is 4.40. The molecule has 0 aliphatic heterocycles. The van der Waals surface area contributed by atoms with Gasteiger partial charge in [-0.25, -0.2) is 4.79 Å². The van der Waals surface area contributed by atoms with Crippen molar-refractivity contribution in [1.29, 1.82) is 0 Å². The lowest BCUT2D eigenvalue weighted by Gasteiger charge is -2.08. The zero-order valence-corrected chi connectivity index (χ0v) is 12.2. The number of carbonyl (C=O) groups is 2. The third-order valence-corrected chi connectivity index (χ3v) is 2.94. The van der Waals surface area contributed by atoms with Gasteiger partial charge < -0.3 is 10.1 Å². The van der Waals surface area contributed by atoms with Gasteiger partial charge in [-0.15, -0.1) is 0 Å². The van der Waals surface area contributed by atoms with Crippen molar-refractivity contribution < 1.29 is 14.3 Å². The van der Waals surface area contributed by atoms with Gasteiger partial charge in [0, 0.05) is 6.54 Å². The van der Waals surface area contributed by atoms with Gasteiger partial charge in [0.25, 0.3) is 5.91 Å². The fourth-order valence-corrected chi connectivity index (χ4v) is 1.50. The van der Waals surface area contributed by atoms with Crippen molar-refractivity contribution in [2.45, 2.75) is 13.8 Å². The second kappa shape index (κ2) is 7.36. The molecule has 1 amide bonds. The summed E-state index contributed by atoms with van der Waals surface area (Å²) in [6.45, 7) is 4.18. The molecule has 1 aromatic rings. The normalized spacial score (nSPS) is 10.4. The van der Waals surface area contributed by atoms with E-state index in [4.69, 9.17) is 27.9 Å². The van der Waals surface area contributed by atoms with E-state index in [0.717, 1.165) is 0 Å². The molecule has 0 spiro atoms. The van der Waals surface area contributed by atoms with Crippen molar-refractivity contribution in [2.75, 3.05) is 13.2 Å². The Labute approximate surface area is 122 Å². The van der Waals surface area contributed by atoms with Gasteiger partial charge in [0.05, 0.1) is 15.6 Å². The first-order valence-corrected chi connectivity index (χ1v) is 6.54. The van der Waals surface area contributed by atoms with Crippen LogP contribution in [-0.4, -0.2) is 25.0 Å². The molecule has 1 N–H and O–H groups in total. The van der Waals surface area contributed by atoms with E-state index in [0.29, 0.717) is 17.5 Å². The largest absolute Gasteiger partial charge is 0.452 e. The molecule has 0 aliphatic rings. The first kappa shape index (κ1) is 15.8. The summed E-state index contributed by atoms with van der Waals surface area (Å²) in [7, 11) is 0. The summed E-state index contributed by atoms with van der Waals surface area (Å²) in [6.07, 6.45) is 0. The molecule has 0 saturated carbocycles. The van der Waals surface area contributed by atoms with Gasteiger partial charge in [0.15, 0.2) is 6.61 Å². The zero-order chi connectivity index (χ0) is 14.4. The molecule has 0 fully saturated rings. The Balaban J connectivity index is 2.47. The van der Waals surface area contributed by atoms with Crippen molar-refractivity contribution in [3.63, 3.8) is 0 Å². The zero-order valence-electron chi connectivity index (χ0n) is 10.7. The van der Waals surface area contributed by atoms with Crippen molar-refractivity contribution in [3.8, 4) is 0 Å². The topological polar surface area (TPSA) is 55.4 Å². The predicted octanol–water partition coefficient (Wildman–Crippen LogP) is 2.92. The smallest absolute Gasteiger partial charge is 0.338 e. The maximum Gasteiger partial charge on any atom is 0.338 e. The molecule has 0 radical (unpaired) electrons. The van der Waals surface area contributed by atoms with Crippen LogP contribution in [0.15, 0.2) is 18.2 Å². The van der Waals surface area contributed by atoms with Gasteiger partial charge in [0.2, 0.25) is 0 Å². The Bertz CT molecular complexity index is 475. The Morgan fingerprint density at radius 3 is 2.53 bits per heavy atom. The highest BCUT2D eigenvalue weighted by Crippen LogP contribution is 2.22. The van der Waals surface area contributed by atoms with Crippen molar-refractivity contribution in [3.05, 3.63) is 33.8 Å². The van der Waals surface area contributed by atoms with E-state index in [-0.39, 0.29) is 23.1 Å². The standard InChI is InChI=1S/C13H15Cl2NO3/c1-8(2)6-16-12(17)7-19-13(18)9-3-4-10(14)11(15)5-9/h3-5,8H,6-7H2,1-2H3,(H,16,17). The number of benzene rings is 1. The van der Waals surface area contributed by atoms with Crippen molar-refractivity contribution >= 4 is 35.1 Å². The summed E-state index contributed by atoms with van der Waals surface area (Å²) >= 11 is 11.5. The molecule has 1 rings (SSSR count).